The molecule has 0 saturated heterocycles. The van der Waals surface area contributed by atoms with Crippen LogP contribution in [-0.4, -0.2) is 35.0 Å². The summed E-state index contributed by atoms with van der Waals surface area (Å²) in [4.78, 5) is 24.7. The minimum atomic E-state index is -0.871. The Bertz CT molecular complexity index is 465. The van der Waals surface area contributed by atoms with Crippen molar-refractivity contribution < 1.29 is 14.7 Å². The van der Waals surface area contributed by atoms with E-state index in [0.29, 0.717) is 18.9 Å². The molecule has 116 valence electrons. The van der Waals surface area contributed by atoms with Crippen LogP contribution in [0.3, 0.4) is 0 Å². The van der Waals surface area contributed by atoms with Crippen molar-refractivity contribution in [2.75, 3.05) is 13.1 Å². The summed E-state index contributed by atoms with van der Waals surface area (Å²) in [5, 5.41) is 8.79. The first-order valence-electron chi connectivity index (χ1n) is 7.49. The number of benzene rings is 1. The first-order chi connectivity index (χ1) is 9.92. The van der Waals surface area contributed by atoms with E-state index in [9.17, 15) is 9.59 Å². The molecule has 4 nitrogen and oxygen atoms in total. The molecule has 0 aliphatic heterocycles. The zero-order valence-corrected chi connectivity index (χ0v) is 13.1. The highest BCUT2D eigenvalue weighted by Crippen LogP contribution is 2.09. The second-order valence-electron chi connectivity index (χ2n) is 5.72. The fourth-order valence-electron chi connectivity index (χ4n) is 2.17. The van der Waals surface area contributed by atoms with Gasteiger partial charge in [0.2, 0.25) is 5.91 Å². The molecule has 1 N–H and O–H groups in total. The van der Waals surface area contributed by atoms with Crippen LogP contribution >= 0.6 is 0 Å². The lowest BCUT2D eigenvalue weighted by atomic mass is 10.1. The smallest absolute Gasteiger partial charge is 0.305 e. The predicted octanol–water partition coefficient (Wildman–Crippen LogP) is 2.75. The monoisotopic (exact) mass is 291 g/mol. The van der Waals surface area contributed by atoms with E-state index in [-0.39, 0.29) is 18.9 Å². The number of hydrogen-bond donors (Lipinski definition) is 1. The van der Waals surface area contributed by atoms with E-state index < -0.39 is 5.97 Å². The first-order valence-corrected chi connectivity index (χ1v) is 7.49. The molecule has 0 bridgehead atoms. The van der Waals surface area contributed by atoms with E-state index in [4.69, 9.17) is 5.11 Å². The number of carbonyl (C=O) groups is 2. The van der Waals surface area contributed by atoms with Gasteiger partial charge in [-0.1, -0.05) is 45.0 Å². The molecule has 1 aromatic rings. The van der Waals surface area contributed by atoms with Gasteiger partial charge in [0.25, 0.3) is 0 Å². The number of aryl methyl sites for hydroxylation is 1. The number of carbonyl (C=O) groups excluding carboxylic acids is 1. The molecular formula is C17H25NO3. The summed E-state index contributed by atoms with van der Waals surface area (Å²) >= 11 is 0. The maximum atomic E-state index is 12.3. The van der Waals surface area contributed by atoms with Crippen LogP contribution in [0.4, 0.5) is 0 Å². The topological polar surface area (TPSA) is 57.6 Å². The Hall–Kier alpha value is -1.84. The maximum Gasteiger partial charge on any atom is 0.305 e. The highest BCUT2D eigenvalue weighted by Gasteiger charge is 2.16. The Morgan fingerprint density at radius 3 is 2.19 bits per heavy atom. The summed E-state index contributed by atoms with van der Waals surface area (Å²) in [6.45, 7) is 7.02. The van der Waals surface area contributed by atoms with Crippen LogP contribution in [-0.2, 0) is 22.4 Å². The summed E-state index contributed by atoms with van der Waals surface area (Å²) < 4.78 is 0. The molecule has 0 aliphatic rings. The van der Waals surface area contributed by atoms with E-state index in [1.54, 1.807) is 4.90 Å². The molecule has 0 spiro atoms. The number of nitrogens with zero attached hydrogens (tertiary/aromatic N) is 1. The Morgan fingerprint density at radius 2 is 1.71 bits per heavy atom. The fraction of sp³-hybridized carbons (Fsp3) is 0.529. The van der Waals surface area contributed by atoms with Crippen LogP contribution in [0.5, 0.6) is 0 Å². The van der Waals surface area contributed by atoms with Gasteiger partial charge in [-0.3, -0.25) is 9.59 Å². The Morgan fingerprint density at radius 1 is 1.14 bits per heavy atom. The summed E-state index contributed by atoms with van der Waals surface area (Å²) in [7, 11) is 0. The largest absolute Gasteiger partial charge is 0.481 e. The SMILES string of the molecule is CCc1ccc(CC(=O)N(CCC(=O)O)CC(C)C)cc1. The molecule has 1 rings (SSSR count). The van der Waals surface area contributed by atoms with Gasteiger partial charge in [-0.25, -0.2) is 0 Å². The van der Waals surface area contributed by atoms with Crippen molar-refractivity contribution in [3.05, 3.63) is 35.4 Å². The highest BCUT2D eigenvalue weighted by molar-refractivity contribution is 5.79. The minimum absolute atomic E-state index is 0.00537. The zero-order chi connectivity index (χ0) is 15.8. The normalized spacial score (nSPS) is 10.7. The third-order valence-electron chi connectivity index (χ3n) is 3.32. The van der Waals surface area contributed by atoms with Gasteiger partial charge in [0, 0.05) is 13.1 Å². The third kappa shape index (κ3) is 6.43. The number of aliphatic carboxylic acids is 1. The number of rotatable bonds is 8. The summed E-state index contributed by atoms with van der Waals surface area (Å²) in [5.41, 5.74) is 2.22. The van der Waals surface area contributed by atoms with Gasteiger partial charge in [-0.05, 0) is 23.5 Å². The fourth-order valence-corrected chi connectivity index (χ4v) is 2.17. The van der Waals surface area contributed by atoms with Gasteiger partial charge < -0.3 is 10.0 Å². The van der Waals surface area contributed by atoms with Gasteiger partial charge in [0.05, 0.1) is 12.8 Å². The average molecular weight is 291 g/mol. The molecule has 21 heavy (non-hydrogen) atoms. The van der Waals surface area contributed by atoms with E-state index in [0.717, 1.165) is 12.0 Å². The Kier molecular flexibility index (Phi) is 6.92. The Labute approximate surface area is 126 Å². The van der Waals surface area contributed by atoms with Gasteiger partial charge in [-0.15, -0.1) is 0 Å². The molecule has 0 saturated carbocycles. The van der Waals surface area contributed by atoms with Crippen molar-refractivity contribution in [1.82, 2.24) is 4.90 Å². The quantitative estimate of drug-likeness (QED) is 0.801. The molecule has 0 aliphatic carbocycles. The van der Waals surface area contributed by atoms with Gasteiger partial charge in [-0.2, -0.15) is 0 Å². The predicted molar refractivity (Wildman–Crippen MR) is 83.2 cm³/mol. The van der Waals surface area contributed by atoms with Gasteiger partial charge in [0.1, 0.15) is 0 Å². The lowest BCUT2D eigenvalue weighted by molar-refractivity contribution is -0.138. The lowest BCUT2D eigenvalue weighted by Gasteiger charge is -2.24. The molecule has 1 aromatic carbocycles. The van der Waals surface area contributed by atoms with Crippen molar-refractivity contribution in [3.8, 4) is 0 Å². The van der Waals surface area contributed by atoms with Crippen LogP contribution in [0.25, 0.3) is 0 Å². The molecule has 0 aromatic heterocycles. The second-order valence-corrected chi connectivity index (χ2v) is 5.72. The van der Waals surface area contributed by atoms with E-state index in [1.165, 1.54) is 5.56 Å². The van der Waals surface area contributed by atoms with Crippen LogP contribution < -0.4 is 0 Å². The molecule has 4 heteroatoms. The molecule has 0 fully saturated rings. The van der Waals surface area contributed by atoms with Crippen LogP contribution in [0.1, 0.15) is 38.3 Å². The summed E-state index contributed by atoms with van der Waals surface area (Å²) in [6, 6.07) is 8.02. The van der Waals surface area contributed by atoms with E-state index in [1.807, 2.05) is 38.1 Å². The molecule has 0 unspecified atom stereocenters. The molecule has 0 radical (unpaired) electrons. The van der Waals surface area contributed by atoms with Crippen molar-refractivity contribution >= 4 is 11.9 Å². The maximum absolute atomic E-state index is 12.3. The Balaban J connectivity index is 2.67. The number of hydrogen-bond acceptors (Lipinski definition) is 2. The number of amides is 1. The minimum Gasteiger partial charge on any atom is -0.481 e. The number of carboxylic acids is 1. The second kappa shape index (κ2) is 8.45. The van der Waals surface area contributed by atoms with Gasteiger partial charge >= 0.3 is 5.97 Å². The van der Waals surface area contributed by atoms with Crippen molar-refractivity contribution in [2.45, 2.75) is 40.0 Å². The molecular weight excluding hydrogens is 266 g/mol. The van der Waals surface area contributed by atoms with E-state index >= 15 is 0 Å². The van der Waals surface area contributed by atoms with Crippen LogP contribution in [0.15, 0.2) is 24.3 Å². The van der Waals surface area contributed by atoms with Crippen molar-refractivity contribution in [3.63, 3.8) is 0 Å². The lowest BCUT2D eigenvalue weighted by Crippen LogP contribution is -2.37. The zero-order valence-electron chi connectivity index (χ0n) is 13.1. The third-order valence-corrected chi connectivity index (χ3v) is 3.32. The summed E-state index contributed by atoms with van der Waals surface area (Å²) in [6.07, 6.45) is 1.30. The highest BCUT2D eigenvalue weighted by atomic mass is 16.4. The van der Waals surface area contributed by atoms with Gasteiger partial charge in [0.15, 0.2) is 0 Å². The average Bonchev–Trinajstić information content (AvgIpc) is 2.43. The standard InChI is InChI=1S/C17H25NO3/c1-4-14-5-7-15(8-6-14)11-16(19)18(12-13(2)3)10-9-17(20)21/h5-8,13H,4,9-12H2,1-3H3,(H,20,21). The van der Waals surface area contributed by atoms with Crippen molar-refractivity contribution in [2.24, 2.45) is 5.92 Å². The molecule has 1 amide bonds. The molecule has 0 heterocycles. The van der Waals surface area contributed by atoms with Crippen molar-refractivity contribution in [1.29, 1.82) is 0 Å². The first kappa shape index (κ1) is 17.2. The molecule has 0 atom stereocenters. The summed E-state index contributed by atoms with van der Waals surface area (Å²) in [5.74, 6) is -0.553. The number of carboxylic acid groups (broad SMARTS) is 1. The van der Waals surface area contributed by atoms with Crippen LogP contribution in [0.2, 0.25) is 0 Å². The van der Waals surface area contributed by atoms with Crippen LogP contribution in [0, 0.1) is 5.92 Å². The van der Waals surface area contributed by atoms with E-state index in [2.05, 4.69) is 6.92 Å².